The van der Waals surface area contributed by atoms with E-state index in [0.717, 1.165) is 21.9 Å². The van der Waals surface area contributed by atoms with Crippen LogP contribution in [0, 0.1) is 12.7 Å². The third kappa shape index (κ3) is 4.26. The van der Waals surface area contributed by atoms with Gasteiger partial charge >= 0.3 is 0 Å². The number of hydrogen-bond donors (Lipinski definition) is 1. The summed E-state index contributed by atoms with van der Waals surface area (Å²) < 4.78 is 18.4. The van der Waals surface area contributed by atoms with Gasteiger partial charge in [-0.15, -0.1) is 11.3 Å². The molecule has 0 aliphatic rings. The molecular weight excluding hydrogens is 351 g/mol. The maximum absolute atomic E-state index is 12.9. The molecule has 2 aromatic carbocycles. The van der Waals surface area contributed by atoms with Gasteiger partial charge in [0.1, 0.15) is 21.5 Å². The molecule has 1 N–H and O–H groups in total. The number of halogens is 1. The van der Waals surface area contributed by atoms with E-state index in [1.807, 2.05) is 38.1 Å². The lowest BCUT2D eigenvalue weighted by molar-refractivity contribution is 0.0954. The average Bonchev–Trinajstić information content (AvgIpc) is 3.04. The van der Waals surface area contributed by atoms with Gasteiger partial charge in [-0.3, -0.25) is 4.79 Å². The minimum atomic E-state index is -0.293. The minimum Gasteiger partial charge on any atom is -0.494 e. The number of aromatic nitrogens is 1. The molecule has 0 atom stereocenters. The third-order valence-electron chi connectivity index (χ3n) is 3.78. The fourth-order valence-corrected chi connectivity index (χ4v) is 3.44. The van der Waals surface area contributed by atoms with Crippen molar-refractivity contribution in [3.63, 3.8) is 0 Å². The Morgan fingerprint density at radius 2 is 1.85 bits per heavy atom. The summed E-state index contributed by atoms with van der Waals surface area (Å²) in [6.45, 7) is 4.72. The smallest absolute Gasteiger partial charge is 0.263 e. The van der Waals surface area contributed by atoms with Crippen LogP contribution in [0.1, 0.15) is 27.9 Å². The van der Waals surface area contributed by atoms with Crippen molar-refractivity contribution in [1.29, 1.82) is 0 Å². The van der Waals surface area contributed by atoms with Crippen molar-refractivity contribution >= 4 is 17.2 Å². The molecule has 134 valence electrons. The van der Waals surface area contributed by atoms with Crippen LogP contribution >= 0.6 is 11.3 Å². The number of thiazole rings is 1. The summed E-state index contributed by atoms with van der Waals surface area (Å²) in [6.07, 6.45) is 0. The number of nitrogens with one attached hydrogen (secondary N) is 1. The number of ether oxygens (including phenoxy) is 1. The molecule has 0 saturated carbocycles. The lowest BCUT2D eigenvalue weighted by atomic mass is 10.2. The number of nitrogens with zero attached hydrogens (tertiary/aromatic N) is 1. The first-order valence-corrected chi connectivity index (χ1v) is 9.11. The summed E-state index contributed by atoms with van der Waals surface area (Å²) in [4.78, 5) is 17.5. The highest BCUT2D eigenvalue weighted by Crippen LogP contribution is 2.29. The number of aryl methyl sites for hydroxylation is 1. The highest BCUT2D eigenvalue weighted by atomic mass is 32.1. The summed E-state index contributed by atoms with van der Waals surface area (Å²) in [5.41, 5.74) is 2.48. The Bertz CT molecular complexity index is 889. The van der Waals surface area contributed by atoms with Crippen LogP contribution in [-0.4, -0.2) is 17.5 Å². The van der Waals surface area contributed by atoms with E-state index in [-0.39, 0.29) is 11.7 Å². The Kier molecular flexibility index (Phi) is 5.63. The van der Waals surface area contributed by atoms with E-state index in [1.165, 1.54) is 23.5 Å². The molecule has 0 aliphatic heterocycles. The number of hydrogen-bond acceptors (Lipinski definition) is 4. The van der Waals surface area contributed by atoms with Crippen LogP contribution < -0.4 is 10.1 Å². The number of benzene rings is 2. The molecular formula is C20H19FN2O2S. The Labute approximate surface area is 155 Å². The van der Waals surface area contributed by atoms with Gasteiger partial charge in [0.05, 0.1) is 12.3 Å². The second kappa shape index (κ2) is 8.10. The highest BCUT2D eigenvalue weighted by molar-refractivity contribution is 7.17. The third-order valence-corrected chi connectivity index (χ3v) is 4.99. The van der Waals surface area contributed by atoms with E-state index in [9.17, 15) is 9.18 Å². The molecule has 1 amide bonds. The quantitative estimate of drug-likeness (QED) is 0.691. The predicted octanol–water partition coefficient (Wildman–Crippen LogP) is 4.59. The molecule has 1 aromatic heterocycles. The summed E-state index contributed by atoms with van der Waals surface area (Å²) in [6, 6.07) is 13.7. The van der Waals surface area contributed by atoms with E-state index < -0.39 is 0 Å². The van der Waals surface area contributed by atoms with Crippen molar-refractivity contribution in [3.05, 3.63) is 70.5 Å². The average molecular weight is 370 g/mol. The zero-order valence-electron chi connectivity index (χ0n) is 14.6. The van der Waals surface area contributed by atoms with E-state index in [2.05, 4.69) is 10.3 Å². The molecule has 3 aromatic rings. The van der Waals surface area contributed by atoms with Gasteiger partial charge in [0.25, 0.3) is 5.91 Å². The van der Waals surface area contributed by atoms with Crippen LogP contribution in [0.4, 0.5) is 4.39 Å². The first kappa shape index (κ1) is 18.1. The van der Waals surface area contributed by atoms with Gasteiger partial charge in [0.2, 0.25) is 0 Å². The van der Waals surface area contributed by atoms with Crippen molar-refractivity contribution in [1.82, 2.24) is 10.3 Å². The van der Waals surface area contributed by atoms with Crippen LogP contribution in [-0.2, 0) is 6.54 Å². The van der Waals surface area contributed by atoms with Crippen LogP contribution in [0.5, 0.6) is 5.75 Å². The summed E-state index contributed by atoms with van der Waals surface area (Å²) in [5.74, 6) is 0.335. The Morgan fingerprint density at radius 3 is 2.50 bits per heavy atom. The molecule has 0 spiro atoms. The molecule has 0 bridgehead atoms. The Hall–Kier alpha value is -2.73. The summed E-state index contributed by atoms with van der Waals surface area (Å²) >= 11 is 1.35. The maximum atomic E-state index is 12.9. The van der Waals surface area contributed by atoms with Crippen molar-refractivity contribution in [3.8, 4) is 16.3 Å². The molecule has 0 aliphatic carbocycles. The second-order valence-electron chi connectivity index (χ2n) is 5.70. The van der Waals surface area contributed by atoms with E-state index in [0.29, 0.717) is 23.7 Å². The van der Waals surface area contributed by atoms with Crippen LogP contribution in [0.3, 0.4) is 0 Å². The maximum Gasteiger partial charge on any atom is 0.263 e. The number of carbonyl (C=O) groups excluding carboxylic acids is 1. The van der Waals surface area contributed by atoms with E-state index in [1.54, 1.807) is 12.1 Å². The Balaban J connectivity index is 1.70. The van der Waals surface area contributed by atoms with Crippen molar-refractivity contribution in [2.24, 2.45) is 0 Å². The van der Waals surface area contributed by atoms with Gasteiger partial charge in [0, 0.05) is 12.1 Å². The molecule has 6 heteroatoms. The van der Waals surface area contributed by atoms with Crippen molar-refractivity contribution in [2.45, 2.75) is 20.4 Å². The van der Waals surface area contributed by atoms with Crippen molar-refractivity contribution < 1.29 is 13.9 Å². The van der Waals surface area contributed by atoms with Crippen LogP contribution in [0.2, 0.25) is 0 Å². The van der Waals surface area contributed by atoms with Crippen LogP contribution in [0.25, 0.3) is 10.6 Å². The molecule has 0 saturated heterocycles. The van der Waals surface area contributed by atoms with Gasteiger partial charge in [-0.05, 0) is 55.8 Å². The van der Waals surface area contributed by atoms with E-state index in [4.69, 9.17) is 4.74 Å². The lowest BCUT2D eigenvalue weighted by Gasteiger charge is -2.04. The topological polar surface area (TPSA) is 51.2 Å². The predicted molar refractivity (Wildman–Crippen MR) is 101 cm³/mol. The highest BCUT2D eigenvalue weighted by Gasteiger charge is 2.16. The number of rotatable bonds is 6. The largest absolute Gasteiger partial charge is 0.494 e. The summed E-state index contributed by atoms with van der Waals surface area (Å²) in [7, 11) is 0. The molecule has 0 fully saturated rings. The lowest BCUT2D eigenvalue weighted by Crippen LogP contribution is -2.22. The van der Waals surface area contributed by atoms with Gasteiger partial charge < -0.3 is 10.1 Å². The standard InChI is InChI=1S/C20H19FN2O2S/c1-3-25-17-10-6-15(7-11-17)20-23-13(2)18(26-20)19(24)22-12-14-4-8-16(21)9-5-14/h4-11H,3,12H2,1-2H3,(H,22,24). The molecule has 0 radical (unpaired) electrons. The fraction of sp³-hybridized carbons (Fsp3) is 0.200. The van der Waals surface area contributed by atoms with Crippen molar-refractivity contribution in [2.75, 3.05) is 6.61 Å². The molecule has 1 heterocycles. The number of carbonyl (C=O) groups is 1. The minimum absolute atomic E-state index is 0.179. The first-order chi connectivity index (χ1) is 12.6. The zero-order chi connectivity index (χ0) is 18.5. The SMILES string of the molecule is CCOc1ccc(-c2nc(C)c(C(=O)NCc3ccc(F)cc3)s2)cc1. The zero-order valence-corrected chi connectivity index (χ0v) is 15.4. The van der Waals surface area contributed by atoms with Gasteiger partial charge in [0.15, 0.2) is 0 Å². The second-order valence-corrected chi connectivity index (χ2v) is 6.70. The summed E-state index contributed by atoms with van der Waals surface area (Å²) in [5, 5.41) is 3.64. The van der Waals surface area contributed by atoms with Crippen LogP contribution in [0.15, 0.2) is 48.5 Å². The first-order valence-electron chi connectivity index (χ1n) is 8.30. The molecule has 3 rings (SSSR count). The normalized spacial score (nSPS) is 10.6. The van der Waals surface area contributed by atoms with Gasteiger partial charge in [-0.25, -0.2) is 9.37 Å². The van der Waals surface area contributed by atoms with Gasteiger partial charge in [-0.1, -0.05) is 12.1 Å². The fourth-order valence-electron chi connectivity index (χ4n) is 2.46. The van der Waals surface area contributed by atoms with Gasteiger partial charge in [-0.2, -0.15) is 0 Å². The molecule has 4 nitrogen and oxygen atoms in total. The monoisotopic (exact) mass is 370 g/mol. The number of amides is 1. The van der Waals surface area contributed by atoms with E-state index >= 15 is 0 Å². The Morgan fingerprint density at radius 1 is 1.15 bits per heavy atom. The molecule has 0 unspecified atom stereocenters. The molecule has 26 heavy (non-hydrogen) atoms.